The van der Waals surface area contributed by atoms with Gasteiger partial charge in [-0.15, -0.1) is 0 Å². The zero-order valence-corrected chi connectivity index (χ0v) is 12.0. The maximum absolute atomic E-state index is 5.56. The number of rotatable bonds is 8. The lowest BCUT2D eigenvalue weighted by atomic mass is 10.1. The van der Waals surface area contributed by atoms with Crippen LogP contribution in [0.4, 0.5) is 0 Å². The number of ether oxygens (including phenoxy) is 1. The number of hydrogen-bond donors (Lipinski definition) is 1. The van der Waals surface area contributed by atoms with Crippen LogP contribution < -0.4 is 5.73 Å². The zero-order valence-electron chi connectivity index (χ0n) is 11.2. The summed E-state index contributed by atoms with van der Waals surface area (Å²) in [7, 11) is 1.72. The standard InChI is InChI=1S/C14H22N2OS/c1-12-3-5-13(6-4-12)11-16(9-10-17-2)8-7-14(15)18/h3-6H,7-11H2,1-2H3,(H2,15,18). The van der Waals surface area contributed by atoms with Crippen LogP contribution in [-0.4, -0.2) is 36.7 Å². The molecule has 2 N–H and O–H groups in total. The molecule has 0 saturated heterocycles. The maximum atomic E-state index is 5.56. The summed E-state index contributed by atoms with van der Waals surface area (Å²) in [4.78, 5) is 2.88. The van der Waals surface area contributed by atoms with Gasteiger partial charge in [-0.2, -0.15) is 0 Å². The summed E-state index contributed by atoms with van der Waals surface area (Å²) in [6.07, 6.45) is 0.755. The molecule has 4 heteroatoms. The van der Waals surface area contributed by atoms with E-state index in [9.17, 15) is 0 Å². The highest BCUT2D eigenvalue weighted by Crippen LogP contribution is 2.07. The van der Waals surface area contributed by atoms with Gasteiger partial charge in [0.25, 0.3) is 0 Å². The Hall–Kier alpha value is -0.970. The van der Waals surface area contributed by atoms with E-state index in [1.54, 1.807) is 7.11 Å². The van der Waals surface area contributed by atoms with E-state index in [-0.39, 0.29) is 0 Å². The third-order valence-electron chi connectivity index (χ3n) is 2.81. The number of hydrogen-bond acceptors (Lipinski definition) is 3. The van der Waals surface area contributed by atoms with Crippen LogP contribution in [0, 0.1) is 6.92 Å². The number of methoxy groups -OCH3 is 1. The molecule has 0 fully saturated rings. The van der Waals surface area contributed by atoms with Gasteiger partial charge in [0.2, 0.25) is 0 Å². The number of aryl methyl sites for hydroxylation is 1. The maximum Gasteiger partial charge on any atom is 0.0740 e. The largest absolute Gasteiger partial charge is 0.393 e. The highest BCUT2D eigenvalue weighted by molar-refractivity contribution is 7.80. The van der Waals surface area contributed by atoms with E-state index < -0.39 is 0 Å². The Balaban J connectivity index is 2.53. The van der Waals surface area contributed by atoms with Crippen molar-refractivity contribution in [1.82, 2.24) is 4.90 Å². The number of nitrogens with two attached hydrogens (primary N) is 1. The molecule has 0 heterocycles. The molecule has 100 valence electrons. The van der Waals surface area contributed by atoms with Gasteiger partial charge >= 0.3 is 0 Å². The normalized spacial score (nSPS) is 10.8. The highest BCUT2D eigenvalue weighted by atomic mass is 32.1. The summed E-state index contributed by atoms with van der Waals surface area (Å²) >= 11 is 4.93. The first-order valence-corrected chi connectivity index (χ1v) is 6.58. The lowest BCUT2D eigenvalue weighted by molar-refractivity contribution is 0.146. The van der Waals surface area contributed by atoms with Crippen molar-refractivity contribution in [1.29, 1.82) is 0 Å². The van der Waals surface area contributed by atoms with Gasteiger partial charge in [0.05, 0.1) is 11.6 Å². The topological polar surface area (TPSA) is 38.5 Å². The van der Waals surface area contributed by atoms with Gasteiger partial charge < -0.3 is 10.5 Å². The molecule has 1 aromatic rings. The van der Waals surface area contributed by atoms with Crippen LogP contribution in [-0.2, 0) is 11.3 Å². The Kier molecular flexibility index (Phi) is 6.86. The number of benzene rings is 1. The predicted molar refractivity (Wildman–Crippen MR) is 79.7 cm³/mol. The average Bonchev–Trinajstić information content (AvgIpc) is 2.35. The third kappa shape index (κ3) is 6.10. The van der Waals surface area contributed by atoms with Crippen molar-refractivity contribution in [2.24, 2.45) is 5.73 Å². The number of thiocarbonyl (C=S) groups is 1. The second-order valence-electron chi connectivity index (χ2n) is 4.47. The van der Waals surface area contributed by atoms with Crippen molar-refractivity contribution in [2.45, 2.75) is 19.9 Å². The van der Waals surface area contributed by atoms with Crippen molar-refractivity contribution in [3.05, 3.63) is 35.4 Å². The SMILES string of the molecule is COCCN(CCC(N)=S)Cc1ccc(C)cc1. The summed E-state index contributed by atoms with van der Waals surface area (Å²) in [5.74, 6) is 0. The Bertz CT molecular complexity index is 365. The van der Waals surface area contributed by atoms with E-state index in [1.807, 2.05) is 0 Å². The van der Waals surface area contributed by atoms with Crippen molar-refractivity contribution in [3.8, 4) is 0 Å². The van der Waals surface area contributed by atoms with E-state index in [2.05, 4.69) is 36.1 Å². The lowest BCUT2D eigenvalue weighted by Gasteiger charge is -2.21. The summed E-state index contributed by atoms with van der Waals surface area (Å²) in [5, 5.41) is 0. The monoisotopic (exact) mass is 266 g/mol. The van der Waals surface area contributed by atoms with E-state index in [1.165, 1.54) is 11.1 Å². The highest BCUT2D eigenvalue weighted by Gasteiger charge is 2.06. The molecule has 0 amide bonds. The van der Waals surface area contributed by atoms with Gasteiger partial charge in [-0.1, -0.05) is 42.0 Å². The van der Waals surface area contributed by atoms with E-state index >= 15 is 0 Å². The van der Waals surface area contributed by atoms with Gasteiger partial charge in [-0.05, 0) is 12.5 Å². The van der Waals surface area contributed by atoms with Crippen LogP contribution >= 0.6 is 12.2 Å². The molecule has 0 aliphatic rings. The first-order valence-electron chi connectivity index (χ1n) is 6.17. The molecule has 0 spiro atoms. The van der Waals surface area contributed by atoms with Gasteiger partial charge in [-0.25, -0.2) is 0 Å². The van der Waals surface area contributed by atoms with Crippen LogP contribution in [0.5, 0.6) is 0 Å². The zero-order chi connectivity index (χ0) is 13.4. The molecule has 0 aliphatic carbocycles. The third-order valence-corrected chi connectivity index (χ3v) is 3.02. The van der Waals surface area contributed by atoms with Crippen LogP contribution in [0.2, 0.25) is 0 Å². The smallest absolute Gasteiger partial charge is 0.0740 e. The van der Waals surface area contributed by atoms with Crippen molar-refractivity contribution in [3.63, 3.8) is 0 Å². The average molecular weight is 266 g/mol. The Morgan fingerprint density at radius 1 is 1.28 bits per heavy atom. The predicted octanol–water partition coefficient (Wildman–Crippen LogP) is 2.12. The van der Waals surface area contributed by atoms with E-state index in [0.717, 1.165) is 32.7 Å². The van der Waals surface area contributed by atoms with Gasteiger partial charge in [0.1, 0.15) is 0 Å². The molecule has 1 aromatic carbocycles. The van der Waals surface area contributed by atoms with Gasteiger partial charge in [-0.3, -0.25) is 4.90 Å². The fourth-order valence-corrected chi connectivity index (χ4v) is 1.80. The first-order chi connectivity index (χ1) is 8.61. The summed E-state index contributed by atoms with van der Waals surface area (Å²) < 4.78 is 5.13. The molecule has 3 nitrogen and oxygen atoms in total. The molecule has 0 aromatic heterocycles. The Labute approximate surface area is 115 Å². The molecule has 1 rings (SSSR count). The fourth-order valence-electron chi connectivity index (χ4n) is 1.71. The minimum atomic E-state index is 0.571. The summed E-state index contributed by atoms with van der Waals surface area (Å²) in [5.41, 5.74) is 8.14. The van der Waals surface area contributed by atoms with Gasteiger partial charge in [0.15, 0.2) is 0 Å². The second-order valence-corrected chi connectivity index (χ2v) is 5.00. The molecule has 0 atom stereocenters. The van der Waals surface area contributed by atoms with Crippen molar-refractivity contribution in [2.75, 3.05) is 26.8 Å². The minimum absolute atomic E-state index is 0.571. The molecule has 0 unspecified atom stereocenters. The molecule has 0 bridgehead atoms. The second kappa shape index (κ2) is 8.19. The molecule has 0 radical (unpaired) electrons. The first kappa shape index (κ1) is 15.1. The lowest BCUT2D eigenvalue weighted by Crippen LogP contribution is -2.30. The summed E-state index contributed by atoms with van der Waals surface area (Å²) in [6, 6.07) is 8.60. The molecule has 0 aliphatic heterocycles. The molecule has 0 saturated carbocycles. The van der Waals surface area contributed by atoms with E-state index in [4.69, 9.17) is 22.7 Å². The molecular weight excluding hydrogens is 244 g/mol. The van der Waals surface area contributed by atoms with Crippen molar-refractivity contribution >= 4 is 17.2 Å². The Morgan fingerprint density at radius 2 is 1.94 bits per heavy atom. The fraction of sp³-hybridized carbons (Fsp3) is 0.500. The van der Waals surface area contributed by atoms with Crippen LogP contribution in [0.1, 0.15) is 17.5 Å². The minimum Gasteiger partial charge on any atom is -0.393 e. The molecular formula is C14H22N2OS. The quantitative estimate of drug-likeness (QED) is 0.732. The van der Waals surface area contributed by atoms with Gasteiger partial charge in [0, 0.05) is 33.2 Å². The van der Waals surface area contributed by atoms with Crippen LogP contribution in [0.25, 0.3) is 0 Å². The van der Waals surface area contributed by atoms with Crippen LogP contribution in [0.15, 0.2) is 24.3 Å². The number of nitrogens with zero attached hydrogens (tertiary/aromatic N) is 1. The summed E-state index contributed by atoms with van der Waals surface area (Å²) in [6.45, 7) is 5.51. The van der Waals surface area contributed by atoms with E-state index in [0.29, 0.717) is 4.99 Å². The Morgan fingerprint density at radius 3 is 2.50 bits per heavy atom. The van der Waals surface area contributed by atoms with Crippen LogP contribution in [0.3, 0.4) is 0 Å². The van der Waals surface area contributed by atoms with Crippen molar-refractivity contribution < 1.29 is 4.74 Å². The molecule has 18 heavy (non-hydrogen) atoms.